The number of rotatable bonds is 4. The first-order valence-corrected chi connectivity index (χ1v) is 8.48. The van der Waals surface area contributed by atoms with Gasteiger partial charge in [-0.15, -0.1) is 11.3 Å². The van der Waals surface area contributed by atoms with Crippen molar-refractivity contribution >= 4 is 17.2 Å². The highest BCUT2D eigenvalue weighted by Crippen LogP contribution is 2.26. The molecular weight excluding hydrogens is 280 g/mol. The molecule has 0 atom stereocenters. The standard InChI is InChI=1S/C17H20N2OS/c20-16(13-6-2-1-3-7-13)19-12-14-8-4-5-9-15(14)17-18-10-11-21-17/h4-5,8-11,13H,1-3,6-7,12H2,(H,19,20). The van der Waals surface area contributed by atoms with Crippen LogP contribution in [-0.4, -0.2) is 10.9 Å². The van der Waals surface area contributed by atoms with Crippen LogP contribution in [0.2, 0.25) is 0 Å². The fourth-order valence-corrected chi connectivity index (χ4v) is 3.63. The van der Waals surface area contributed by atoms with Crippen LogP contribution in [0.3, 0.4) is 0 Å². The second-order valence-corrected chi connectivity index (χ2v) is 6.44. The van der Waals surface area contributed by atoms with Gasteiger partial charge in [-0.25, -0.2) is 4.98 Å². The Morgan fingerprint density at radius 3 is 2.81 bits per heavy atom. The van der Waals surface area contributed by atoms with E-state index in [2.05, 4.69) is 22.4 Å². The van der Waals surface area contributed by atoms with Crippen molar-refractivity contribution in [2.24, 2.45) is 5.92 Å². The summed E-state index contributed by atoms with van der Waals surface area (Å²) in [6, 6.07) is 8.17. The molecule has 4 heteroatoms. The van der Waals surface area contributed by atoms with E-state index in [9.17, 15) is 4.79 Å². The van der Waals surface area contributed by atoms with E-state index in [0.29, 0.717) is 6.54 Å². The number of benzene rings is 1. The van der Waals surface area contributed by atoms with Crippen molar-refractivity contribution in [3.8, 4) is 10.6 Å². The van der Waals surface area contributed by atoms with Gasteiger partial charge in [-0.3, -0.25) is 4.79 Å². The quantitative estimate of drug-likeness (QED) is 0.927. The van der Waals surface area contributed by atoms with E-state index in [-0.39, 0.29) is 11.8 Å². The van der Waals surface area contributed by atoms with Gasteiger partial charge < -0.3 is 5.32 Å². The van der Waals surface area contributed by atoms with Crippen LogP contribution in [0.4, 0.5) is 0 Å². The normalized spacial score (nSPS) is 15.8. The van der Waals surface area contributed by atoms with E-state index in [4.69, 9.17) is 0 Å². The molecule has 1 saturated carbocycles. The van der Waals surface area contributed by atoms with Crippen LogP contribution in [0.15, 0.2) is 35.8 Å². The lowest BCUT2D eigenvalue weighted by Crippen LogP contribution is -2.31. The molecule has 3 rings (SSSR count). The zero-order valence-corrected chi connectivity index (χ0v) is 12.9. The van der Waals surface area contributed by atoms with E-state index in [1.807, 2.05) is 23.7 Å². The molecule has 0 spiro atoms. The predicted octanol–water partition coefficient (Wildman–Crippen LogP) is 4.01. The summed E-state index contributed by atoms with van der Waals surface area (Å²) in [6.07, 6.45) is 7.55. The van der Waals surface area contributed by atoms with Gasteiger partial charge in [0.05, 0.1) is 0 Å². The fraction of sp³-hybridized carbons (Fsp3) is 0.412. The minimum atomic E-state index is 0.212. The molecule has 1 aliphatic rings. The Morgan fingerprint density at radius 1 is 1.24 bits per heavy atom. The highest BCUT2D eigenvalue weighted by atomic mass is 32.1. The lowest BCUT2D eigenvalue weighted by atomic mass is 9.88. The van der Waals surface area contributed by atoms with E-state index in [0.717, 1.165) is 29.0 Å². The number of amides is 1. The average molecular weight is 300 g/mol. The van der Waals surface area contributed by atoms with E-state index >= 15 is 0 Å². The molecule has 1 N–H and O–H groups in total. The Bertz CT molecular complexity index is 589. The molecule has 1 amide bonds. The van der Waals surface area contributed by atoms with Crippen LogP contribution in [0.1, 0.15) is 37.7 Å². The van der Waals surface area contributed by atoms with Crippen LogP contribution in [0, 0.1) is 5.92 Å². The Hall–Kier alpha value is -1.68. The number of aromatic nitrogens is 1. The number of thiazole rings is 1. The van der Waals surface area contributed by atoms with Gasteiger partial charge in [-0.2, -0.15) is 0 Å². The van der Waals surface area contributed by atoms with Crippen molar-refractivity contribution in [3.63, 3.8) is 0 Å². The van der Waals surface area contributed by atoms with Crippen LogP contribution >= 0.6 is 11.3 Å². The van der Waals surface area contributed by atoms with Crippen LogP contribution in [-0.2, 0) is 11.3 Å². The monoisotopic (exact) mass is 300 g/mol. The number of hydrogen-bond acceptors (Lipinski definition) is 3. The van der Waals surface area contributed by atoms with Crippen molar-refractivity contribution in [1.29, 1.82) is 0 Å². The minimum absolute atomic E-state index is 0.212. The molecule has 1 aliphatic carbocycles. The van der Waals surface area contributed by atoms with E-state index in [1.165, 1.54) is 19.3 Å². The SMILES string of the molecule is O=C(NCc1ccccc1-c1nccs1)C1CCCCC1. The minimum Gasteiger partial charge on any atom is -0.352 e. The number of carbonyl (C=O) groups is 1. The highest BCUT2D eigenvalue weighted by Gasteiger charge is 2.20. The molecule has 0 saturated heterocycles. The third-order valence-electron chi connectivity index (χ3n) is 4.11. The first-order valence-electron chi connectivity index (χ1n) is 7.60. The molecule has 1 aromatic heterocycles. The average Bonchev–Trinajstić information content (AvgIpc) is 3.08. The topological polar surface area (TPSA) is 42.0 Å². The molecule has 21 heavy (non-hydrogen) atoms. The molecule has 0 radical (unpaired) electrons. The molecule has 0 aliphatic heterocycles. The predicted molar refractivity (Wildman–Crippen MR) is 86.0 cm³/mol. The summed E-state index contributed by atoms with van der Waals surface area (Å²) >= 11 is 1.63. The van der Waals surface area contributed by atoms with Gasteiger partial charge in [0.25, 0.3) is 0 Å². The Balaban J connectivity index is 1.66. The van der Waals surface area contributed by atoms with Crippen molar-refractivity contribution in [2.75, 3.05) is 0 Å². The summed E-state index contributed by atoms with van der Waals surface area (Å²) in [7, 11) is 0. The van der Waals surface area contributed by atoms with Crippen LogP contribution in [0.25, 0.3) is 10.6 Å². The van der Waals surface area contributed by atoms with Gasteiger partial charge in [-0.1, -0.05) is 43.5 Å². The first kappa shape index (κ1) is 14.3. The maximum atomic E-state index is 12.2. The molecule has 0 unspecified atom stereocenters. The number of hydrogen-bond donors (Lipinski definition) is 1. The molecule has 0 bridgehead atoms. The second-order valence-electron chi connectivity index (χ2n) is 5.55. The maximum Gasteiger partial charge on any atom is 0.223 e. The molecule has 1 fully saturated rings. The Labute approximate surface area is 129 Å². The summed E-state index contributed by atoms with van der Waals surface area (Å²) in [5.74, 6) is 0.425. The maximum absolute atomic E-state index is 12.2. The zero-order chi connectivity index (χ0) is 14.5. The molecule has 110 valence electrons. The lowest BCUT2D eigenvalue weighted by Gasteiger charge is -2.21. The van der Waals surface area contributed by atoms with Gasteiger partial charge >= 0.3 is 0 Å². The third kappa shape index (κ3) is 3.50. The fourth-order valence-electron chi connectivity index (χ4n) is 2.93. The highest BCUT2D eigenvalue weighted by molar-refractivity contribution is 7.13. The van der Waals surface area contributed by atoms with E-state index in [1.54, 1.807) is 11.3 Å². The van der Waals surface area contributed by atoms with Crippen molar-refractivity contribution < 1.29 is 4.79 Å². The first-order chi connectivity index (χ1) is 10.3. The molecule has 1 heterocycles. The van der Waals surface area contributed by atoms with Gasteiger partial charge in [0.15, 0.2) is 0 Å². The summed E-state index contributed by atoms with van der Waals surface area (Å²) in [5, 5.41) is 6.10. The summed E-state index contributed by atoms with van der Waals surface area (Å²) < 4.78 is 0. The Kier molecular flexibility index (Phi) is 4.65. The molecule has 2 aromatic rings. The van der Waals surface area contributed by atoms with Crippen molar-refractivity contribution in [1.82, 2.24) is 10.3 Å². The zero-order valence-electron chi connectivity index (χ0n) is 12.0. The van der Waals surface area contributed by atoms with Gasteiger partial charge in [0, 0.05) is 29.6 Å². The molecular formula is C17H20N2OS. The number of nitrogens with one attached hydrogen (secondary N) is 1. The van der Waals surface area contributed by atoms with Crippen molar-refractivity contribution in [3.05, 3.63) is 41.4 Å². The smallest absolute Gasteiger partial charge is 0.223 e. The molecule has 3 nitrogen and oxygen atoms in total. The third-order valence-corrected chi connectivity index (χ3v) is 4.92. The Morgan fingerprint density at radius 2 is 2.05 bits per heavy atom. The van der Waals surface area contributed by atoms with Crippen LogP contribution in [0.5, 0.6) is 0 Å². The van der Waals surface area contributed by atoms with E-state index < -0.39 is 0 Å². The summed E-state index contributed by atoms with van der Waals surface area (Å²) in [5.41, 5.74) is 2.26. The van der Waals surface area contributed by atoms with Gasteiger partial charge in [0.1, 0.15) is 5.01 Å². The number of carbonyl (C=O) groups excluding carboxylic acids is 1. The van der Waals surface area contributed by atoms with Gasteiger partial charge in [-0.05, 0) is 18.4 Å². The van der Waals surface area contributed by atoms with Crippen LogP contribution < -0.4 is 5.32 Å². The summed E-state index contributed by atoms with van der Waals surface area (Å²) in [6.45, 7) is 0.588. The number of nitrogens with zero attached hydrogens (tertiary/aromatic N) is 1. The lowest BCUT2D eigenvalue weighted by molar-refractivity contribution is -0.126. The largest absolute Gasteiger partial charge is 0.352 e. The van der Waals surface area contributed by atoms with Gasteiger partial charge in [0.2, 0.25) is 5.91 Å². The second kappa shape index (κ2) is 6.85. The molecule has 1 aromatic carbocycles. The van der Waals surface area contributed by atoms with Crippen molar-refractivity contribution in [2.45, 2.75) is 38.6 Å². The summed E-state index contributed by atoms with van der Waals surface area (Å²) in [4.78, 5) is 16.6.